The topological polar surface area (TPSA) is 289 Å². The normalized spacial score (nSPS) is 18.4. The van der Waals surface area contributed by atoms with Crippen molar-refractivity contribution in [2.45, 2.75) is 115 Å². The van der Waals surface area contributed by atoms with Crippen LogP contribution in [0.4, 0.5) is 17.3 Å². The van der Waals surface area contributed by atoms with E-state index in [9.17, 15) is 38.4 Å². The van der Waals surface area contributed by atoms with E-state index in [4.69, 9.17) is 27.4 Å². The molecule has 0 unspecified atom stereocenters. The molecule has 6 aromatic rings. The molecule has 0 spiro atoms. The molecule has 9 heterocycles. The highest BCUT2D eigenvalue weighted by Gasteiger charge is 2.37. The van der Waals surface area contributed by atoms with Gasteiger partial charge in [-0.2, -0.15) is 10.2 Å². The maximum absolute atomic E-state index is 13.9. The van der Waals surface area contributed by atoms with Crippen molar-refractivity contribution in [3.8, 4) is 11.1 Å². The highest BCUT2D eigenvalue weighted by atomic mass is 35.5. The lowest BCUT2D eigenvalue weighted by Crippen LogP contribution is -2.49. The molecule has 3 aromatic heterocycles. The Morgan fingerprint density at radius 1 is 0.635 bits per heavy atom. The van der Waals surface area contributed by atoms with Crippen LogP contribution < -0.4 is 26.6 Å². The number of aromatic nitrogens is 6. The van der Waals surface area contributed by atoms with Crippen LogP contribution in [0.15, 0.2) is 67.0 Å². The summed E-state index contributed by atoms with van der Waals surface area (Å²) in [5, 5.41) is 20.1. The Balaban J connectivity index is 0.548. The summed E-state index contributed by atoms with van der Waals surface area (Å²) in [6.07, 6.45) is 14.9. The van der Waals surface area contributed by atoms with E-state index >= 15 is 0 Å². The predicted molar refractivity (Wildman–Crippen MR) is 363 cm³/mol. The van der Waals surface area contributed by atoms with Crippen LogP contribution in [0.3, 0.4) is 0 Å². The zero-order chi connectivity index (χ0) is 67.0. The fraction of sp³-hybridized carbons (Fsp3) is 0.543. The smallest absolute Gasteiger partial charge is 0.325 e. The van der Waals surface area contributed by atoms with Crippen LogP contribution in [0.1, 0.15) is 130 Å². The van der Waals surface area contributed by atoms with Gasteiger partial charge in [-0.15, -0.1) is 0 Å². The van der Waals surface area contributed by atoms with E-state index in [1.165, 1.54) is 19.1 Å². The van der Waals surface area contributed by atoms with E-state index in [-0.39, 0.29) is 79.6 Å². The van der Waals surface area contributed by atoms with Crippen molar-refractivity contribution in [1.82, 2.24) is 64.7 Å². The second kappa shape index (κ2) is 30.6. The largest absolute Gasteiger partial charge is 0.468 e. The van der Waals surface area contributed by atoms with Crippen LogP contribution in [-0.4, -0.2) is 207 Å². The maximum atomic E-state index is 13.9. The Morgan fingerprint density at radius 2 is 1.24 bits per heavy atom. The SMILES string of the molecule is COC(=O)CNC(=O)CNC(=O)Cn1nc(C2CCN(C(=O)CCC(=O)N3CCC(CN4CCC(C(=O)N5CCC(C(=O)N6CCC(c7ccc(Nc8nc(N9CCCCC9)cnc8C(N)=O)cc7)CC6)CC5)CC4)CC3)CC2)c2c(-c3cc4c(cnn4C)cc3Cl)cccc21. The molecule has 0 bridgehead atoms. The Labute approximate surface area is 564 Å². The second-order valence-electron chi connectivity index (χ2n) is 26.9. The van der Waals surface area contributed by atoms with E-state index < -0.39 is 23.7 Å². The number of amides is 7. The molecular weight excluding hydrogens is 1240 g/mol. The summed E-state index contributed by atoms with van der Waals surface area (Å²) in [5.41, 5.74) is 11.8. The van der Waals surface area contributed by atoms with Crippen LogP contribution in [-0.2, 0) is 51.9 Å². The molecule has 25 nitrogen and oxygen atoms in total. The molecule has 0 atom stereocenters. The summed E-state index contributed by atoms with van der Waals surface area (Å²) in [6, 6.07) is 17.9. The number of esters is 1. The number of methoxy groups -OCH3 is 1. The molecule has 6 fully saturated rings. The fourth-order valence-electron chi connectivity index (χ4n) is 15.2. The van der Waals surface area contributed by atoms with Crippen LogP contribution in [0.2, 0.25) is 5.02 Å². The third kappa shape index (κ3) is 15.7. The van der Waals surface area contributed by atoms with Gasteiger partial charge in [-0.05, 0) is 150 Å². The van der Waals surface area contributed by atoms with Crippen molar-refractivity contribution >= 4 is 98.0 Å². The number of primary amides is 1. The van der Waals surface area contributed by atoms with Crippen LogP contribution in [0, 0.1) is 17.8 Å². The first-order chi connectivity index (χ1) is 46.5. The molecule has 6 aliphatic rings. The number of aryl methyl sites for hydroxylation is 1. The summed E-state index contributed by atoms with van der Waals surface area (Å²) in [6.45, 7) is 8.56. The van der Waals surface area contributed by atoms with Crippen molar-refractivity contribution in [2.75, 3.05) is 115 Å². The second-order valence-corrected chi connectivity index (χ2v) is 27.3. The van der Waals surface area contributed by atoms with Gasteiger partial charge >= 0.3 is 5.97 Å². The summed E-state index contributed by atoms with van der Waals surface area (Å²) in [7, 11) is 3.09. The number of anilines is 3. The van der Waals surface area contributed by atoms with Gasteiger partial charge in [0, 0.05) is 137 Å². The van der Waals surface area contributed by atoms with Crippen molar-refractivity contribution in [3.63, 3.8) is 0 Å². The van der Waals surface area contributed by atoms with E-state index in [2.05, 4.69) is 52.7 Å². The first-order valence-electron chi connectivity index (χ1n) is 34.4. The minimum absolute atomic E-state index is 0.00174. The zero-order valence-corrected chi connectivity index (χ0v) is 55.9. The van der Waals surface area contributed by atoms with Gasteiger partial charge in [-0.1, -0.05) is 35.9 Å². The molecule has 6 aliphatic heterocycles. The summed E-state index contributed by atoms with van der Waals surface area (Å²) < 4.78 is 8.00. The van der Waals surface area contributed by atoms with Crippen molar-refractivity contribution < 1.29 is 43.1 Å². The van der Waals surface area contributed by atoms with Gasteiger partial charge in [-0.25, -0.2) is 9.97 Å². The number of ether oxygens (including phenoxy) is 1. The maximum Gasteiger partial charge on any atom is 0.325 e. The lowest BCUT2D eigenvalue weighted by atomic mass is 9.87. The number of nitrogens with two attached hydrogens (primary N) is 1. The van der Waals surface area contributed by atoms with E-state index in [1.54, 1.807) is 21.8 Å². The third-order valence-corrected chi connectivity index (χ3v) is 21.1. The molecule has 26 heteroatoms. The highest BCUT2D eigenvalue weighted by Crippen LogP contribution is 2.42. The molecule has 3 aromatic carbocycles. The first kappa shape index (κ1) is 67.3. The third-order valence-electron chi connectivity index (χ3n) is 20.8. The number of rotatable bonds is 20. The van der Waals surface area contributed by atoms with Gasteiger partial charge in [-0.3, -0.25) is 47.7 Å². The Hall–Kier alpha value is -8.71. The average molecular weight is 1330 g/mol. The quantitative estimate of drug-likeness (QED) is 0.0605. The number of likely N-dealkylation sites (tertiary alicyclic amines) is 5. The minimum atomic E-state index is -0.635. The van der Waals surface area contributed by atoms with Gasteiger partial charge in [0.05, 0.1) is 42.8 Å². The molecule has 12 rings (SSSR count). The van der Waals surface area contributed by atoms with Crippen molar-refractivity contribution in [1.29, 1.82) is 0 Å². The van der Waals surface area contributed by atoms with E-state index in [1.807, 2.05) is 69.1 Å². The van der Waals surface area contributed by atoms with Gasteiger partial charge in [0.1, 0.15) is 18.9 Å². The minimum Gasteiger partial charge on any atom is -0.468 e. The number of hydrogen-bond donors (Lipinski definition) is 4. The molecule has 7 amide bonds. The van der Waals surface area contributed by atoms with Crippen LogP contribution in [0.5, 0.6) is 0 Å². The van der Waals surface area contributed by atoms with Crippen molar-refractivity contribution in [2.24, 2.45) is 30.5 Å². The number of hydrogen-bond acceptors (Lipinski definition) is 16. The van der Waals surface area contributed by atoms with E-state index in [0.717, 1.165) is 129 Å². The standard InChI is InChI=1S/C70H89ClN16O9/c1-80-57-38-54(55(71)37-51(57)39-76-80)53-7-6-8-56-64(53)65(79-87(56)44-60(89)73-41-59(88)74-42-63(92)96-2)48-21-31-84(32-22-48)62(91)14-13-61(90)83-29-15-45(16-30-83)43-81-27-17-49(18-28-81)69(94)86-35-23-50(24-36-86)70(95)85-33-19-47(20-34-85)46-9-11-52(12-10-46)77-68-66(67(72)93)75-40-58(78-68)82-25-4-3-5-26-82/h6-12,37-40,45,47-50H,3-5,13-36,41-44H2,1-2H3,(H2,72,93)(H,73,89)(H,74,88)(H,77,78). The van der Waals surface area contributed by atoms with Gasteiger partial charge in [0.15, 0.2) is 11.5 Å². The number of piperidine rings is 6. The van der Waals surface area contributed by atoms with Gasteiger partial charge < -0.3 is 55.8 Å². The number of carbonyl (C=O) groups excluding carboxylic acids is 8. The number of halogens is 1. The lowest BCUT2D eigenvalue weighted by Gasteiger charge is -2.40. The average Bonchev–Trinajstić information content (AvgIpc) is 1.58. The molecule has 0 saturated carbocycles. The Kier molecular flexibility index (Phi) is 21.4. The van der Waals surface area contributed by atoms with Crippen LogP contribution >= 0.6 is 11.6 Å². The first-order valence-corrected chi connectivity index (χ1v) is 34.8. The lowest BCUT2D eigenvalue weighted by molar-refractivity contribution is -0.144. The number of fused-ring (bicyclic) bond motifs is 2. The highest BCUT2D eigenvalue weighted by molar-refractivity contribution is 6.34. The molecule has 5 N–H and O–H groups in total. The number of carbonyl (C=O) groups is 8. The summed E-state index contributed by atoms with van der Waals surface area (Å²) in [4.78, 5) is 126. The Bertz CT molecular complexity index is 3830. The fourth-order valence-corrected chi connectivity index (χ4v) is 15.4. The summed E-state index contributed by atoms with van der Waals surface area (Å²) in [5.74, 6) is -0.143. The Morgan fingerprint density at radius 3 is 1.89 bits per heavy atom. The summed E-state index contributed by atoms with van der Waals surface area (Å²) >= 11 is 7.00. The number of nitrogens with one attached hydrogen (secondary N) is 3. The van der Waals surface area contributed by atoms with E-state index in [0.29, 0.717) is 106 Å². The number of benzene rings is 3. The number of nitrogens with zero attached hydrogens (tertiary/aromatic N) is 12. The molecule has 0 aliphatic carbocycles. The van der Waals surface area contributed by atoms with Crippen molar-refractivity contribution in [3.05, 3.63) is 89.0 Å². The molecule has 96 heavy (non-hydrogen) atoms. The monoisotopic (exact) mass is 1330 g/mol. The molecule has 510 valence electrons. The molecule has 0 radical (unpaired) electrons. The van der Waals surface area contributed by atoms with Crippen LogP contribution in [0.25, 0.3) is 32.9 Å². The molecular formula is C70H89ClN16O9. The predicted octanol–water partition coefficient (Wildman–Crippen LogP) is 6.35. The van der Waals surface area contributed by atoms with Gasteiger partial charge in [0.2, 0.25) is 35.4 Å². The van der Waals surface area contributed by atoms with Gasteiger partial charge in [0.25, 0.3) is 5.91 Å². The molecule has 6 saturated heterocycles. The zero-order valence-electron chi connectivity index (χ0n) is 55.2.